The lowest BCUT2D eigenvalue weighted by Gasteiger charge is -2.32. The fourth-order valence-electron chi connectivity index (χ4n) is 2.07. The Balaban J connectivity index is 2.12. The Labute approximate surface area is 93.5 Å². The van der Waals surface area contributed by atoms with E-state index in [4.69, 9.17) is 5.26 Å². The minimum absolute atomic E-state index is 0.138. The van der Waals surface area contributed by atoms with Crippen molar-refractivity contribution in [1.29, 1.82) is 5.26 Å². The number of rotatable bonds is 5. The van der Waals surface area contributed by atoms with E-state index < -0.39 is 0 Å². The number of nitrogens with zero attached hydrogens (tertiary/aromatic N) is 2. The first-order valence-corrected chi connectivity index (χ1v) is 6.11. The number of nitrogens with one attached hydrogen (secondary N) is 1. The first kappa shape index (κ1) is 12.5. The normalized spacial score (nSPS) is 21.1. The summed E-state index contributed by atoms with van der Waals surface area (Å²) in [5.41, 5.74) is 0. The number of likely N-dealkylation sites (tertiary alicyclic amines) is 1. The summed E-state index contributed by atoms with van der Waals surface area (Å²) in [6.45, 7) is 8.72. The van der Waals surface area contributed by atoms with Gasteiger partial charge < -0.3 is 10.2 Å². The predicted octanol–water partition coefficient (Wildman–Crippen LogP) is 1.61. The molecule has 15 heavy (non-hydrogen) atoms. The second-order valence-corrected chi connectivity index (χ2v) is 4.55. The first-order valence-electron chi connectivity index (χ1n) is 6.11. The van der Waals surface area contributed by atoms with E-state index in [2.05, 4.69) is 23.2 Å². The summed E-state index contributed by atoms with van der Waals surface area (Å²) in [6, 6.07) is 2.89. The zero-order valence-corrected chi connectivity index (χ0v) is 10.00. The van der Waals surface area contributed by atoms with Crippen molar-refractivity contribution in [2.45, 2.75) is 39.2 Å². The molecule has 1 fully saturated rings. The quantitative estimate of drug-likeness (QED) is 0.747. The molecule has 0 radical (unpaired) electrons. The number of nitriles is 1. The molecular formula is C12H23N3. The summed E-state index contributed by atoms with van der Waals surface area (Å²) in [4.78, 5) is 2.53. The molecule has 0 aromatic carbocycles. The molecule has 0 saturated carbocycles. The van der Waals surface area contributed by atoms with Crippen LogP contribution in [0, 0.1) is 17.2 Å². The van der Waals surface area contributed by atoms with Crippen LogP contribution in [0.4, 0.5) is 0 Å². The first-order chi connectivity index (χ1) is 7.26. The average molecular weight is 209 g/mol. The van der Waals surface area contributed by atoms with E-state index in [-0.39, 0.29) is 5.92 Å². The average Bonchev–Trinajstić information content (AvgIpc) is 2.28. The largest absolute Gasteiger partial charge is 0.313 e. The van der Waals surface area contributed by atoms with Crippen molar-refractivity contribution in [3.63, 3.8) is 0 Å². The summed E-state index contributed by atoms with van der Waals surface area (Å²) < 4.78 is 0. The Bertz CT molecular complexity index is 201. The molecule has 3 nitrogen and oxygen atoms in total. The van der Waals surface area contributed by atoms with Crippen LogP contribution in [0.3, 0.4) is 0 Å². The van der Waals surface area contributed by atoms with Crippen LogP contribution in [0.25, 0.3) is 0 Å². The highest BCUT2D eigenvalue weighted by Crippen LogP contribution is 2.10. The maximum Gasteiger partial charge on any atom is 0.0666 e. The van der Waals surface area contributed by atoms with Gasteiger partial charge in [0.05, 0.1) is 12.0 Å². The molecule has 86 valence electrons. The van der Waals surface area contributed by atoms with Gasteiger partial charge in [-0.1, -0.05) is 6.92 Å². The summed E-state index contributed by atoms with van der Waals surface area (Å²) in [5, 5.41) is 12.2. The topological polar surface area (TPSA) is 39.1 Å². The van der Waals surface area contributed by atoms with Crippen LogP contribution in [0.5, 0.6) is 0 Å². The minimum Gasteiger partial charge on any atom is -0.313 e. The lowest BCUT2D eigenvalue weighted by Crippen LogP contribution is -2.43. The molecule has 1 atom stereocenters. The summed E-state index contributed by atoms with van der Waals surface area (Å²) in [5.74, 6) is 0.138. The van der Waals surface area contributed by atoms with Gasteiger partial charge in [-0.3, -0.25) is 0 Å². The predicted molar refractivity (Wildman–Crippen MR) is 62.5 cm³/mol. The zero-order chi connectivity index (χ0) is 11.1. The van der Waals surface area contributed by atoms with Crippen molar-refractivity contribution in [2.24, 2.45) is 5.92 Å². The molecule has 1 aliphatic rings. The highest BCUT2D eigenvalue weighted by Gasteiger charge is 2.18. The Hall–Kier alpha value is -0.590. The minimum atomic E-state index is 0.138. The van der Waals surface area contributed by atoms with Gasteiger partial charge in [0.15, 0.2) is 0 Å². The fourth-order valence-corrected chi connectivity index (χ4v) is 2.07. The summed E-state index contributed by atoms with van der Waals surface area (Å²) in [7, 11) is 0. The second-order valence-electron chi connectivity index (χ2n) is 4.55. The van der Waals surface area contributed by atoms with E-state index in [1.54, 1.807) is 0 Å². The van der Waals surface area contributed by atoms with Crippen LogP contribution in [0.1, 0.15) is 33.1 Å². The lowest BCUT2D eigenvalue weighted by molar-refractivity contribution is 0.197. The Morgan fingerprint density at radius 3 is 2.67 bits per heavy atom. The van der Waals surface area contributed by atoms with Crippen molar-refractivity contribution in [1.82, 2.24) is 10.2 Å². The van der Waals surface area contributed by atoms with Crippen LogP contribution < -0.4 is 5.32 Å². The highest BCUT2D eigenvalue weighted by atomic mass is 15.1. The molecule has 0 aromatic heterocycles. The van der Waals surface area contributed by atoms with Crippen LogP contribution in [-0.2, 0) is 0 Å². The van der Waals surface area contributed by atoms with Crippen molar-refractivity contribution >= 4 is 0 Å². The zero-order valence-electron chi connectivity index (χ0n) is 10.00. The van der Waals surface area contributed by atoms with Crippen molar-refractivity contribution in [3.8, 4) is 6.07 Å². The van der Waals surface area contributed by atoms with E-state index in [9.17, 15) is 0 Å². The fraction of sp³-hybridized carbons (Fsp3) is 0.917. The van der Waals surface area contributed by atoms with Gasteiger partial charge in [-0.15, -0.1) is 0 Å². The molecule has 0 spiro atoms. The van der Waals surface area contributed by atoms with Gasteiger partial charge in [-0.05, 0) is 45.8 Å². The molecule has 1 N–H and O–H groups in total. The Morgan fingerprint density at radius 2 is 2.13 bits per heavy atom. The van der Waals surface area contributed by atoms with Gasteiger partial charge in [-0.25, -0.2) is 0 Å². The number of hydrogen-bond donors (Lipinski definition) is 1. The molecule has 1 rings (SSSR count). The van der Waals surface area contributed by atoms with E-state index in [0.717, 1.165) is 6.54 Å². The monoisotopic (exact) mass is 209 g/mol. The summed E-state index contributed by atoms with van der Waals surface area (Å²) >= 11 is 0. The van der Waals surface area contributed by atoms with E-state index in [0.29, 0.717) is 6.04 Å². The molecule has 1 aliphatic heterocycles. The van der Waals surface area contributed by atoms with Crippen LogP contribution in [0.2, 0.25) is 0 Å². The molecule has 1 heterocycles. The summed E-state index contributed by atoms with van der Waals surface area (Å²) in [6.07, 6.45) is 3.72. The molecule has 0 bridgehead atoms. The third kappa shape index (κ3) is 4.63. The molecule has 1 saturated heterocycles. The van der Waals surface area contributed by atoms with E-state index in [1.165, 1.54) is 38.9 Å². The van der Waals surface area contributed by atoms with Gasteiger partial charge in [0.1, 0.15) is 0 Å². The molecule has 3 heteroatoms. The molecule has 0 amide bonds. The standard InChI is InChI=1S/C12H23N3/c1-3-6-15-7-4-12(5-8-15)14-10-11(2)9-13/h11-12,14H,3-8,10H2,1-2H3. The van der Waals surface area contributed by atoms with Gasteiger partial charge in [-0.2, -0.15) is 5.26 Å². The Kier molecular flexibility index (Phi) is 5.67. The molecular weight excluding hydrogens is 186 g/mol. The Morgan fingerprint density at radius 1 is 1.47 bits per heavy atom. The maximum absolute atomic E-state index is 8.68. The van der Waals surface area contributed by atoms with Crippen LogP contribution >= 0.6 is 0 Å². The lowest BCUT2D eigenvalue weighted by atomic mass is 10.0. The third-order valence-corrected chi connectivity index (χ3v) is 3.06. The van der Waals surface area contributed by atoms with Crippen molar-refractivity contribution in [3.05, 3.63) is 0 Å². The molecule has 1 unspecified atom stereocenters. The van der Waals surface area contributed by atoms with Crippen LogP contribution in [0.15, 0.2) is 0 Å². The number of piperidine rings is 1. The molecule has 0 aromatic rings. The van der Waals surface area contributed by atoms with E-state index in [1.807, 2.05) is 6.92 Å². The van der Waals surface area contributed by atoms with Crippen molar-refractivity contribution in [2.75, 3.05) is 26.2 Å². The van der Waals surface area contributed by atoms with E-state index >= 15 is 0 Å². The van der Waals surface area contributed by atoms with Gasteiger partial charge >= 0.3 is 0 Å². The molecule has 0 aliphatic carbocycles. The number of hydrogen-bond acceptors (Lipinski definition) is 3. The SMILES string of the molecule is CCCN1CCC(NCC(C)C#N)CC1. The van der Waals surface area contributed by atoms with Gasteiger partial charge in [0.25, 0.3) is 0 Å². The van der Waals surface area contributed by atoms with Crippen molar-refractivity contribution < 1.29 is 0 Å². The van der Waals surface area contributed by atoms with Gasteiger partial charge in [0.2, 0.25) is 0 Å². The van der Waals surface area contributed by atoms with Crippen LogP contribution in [-0.4, -0.2) is 37.1 Å². The second kappa shape index (κ2) is 6.81. The maximum atomic E-state index is 8.68. The highest BCUT2D eigenvalue weighted by molar-refractivity contribution is 4.83. The van der Waals surface area contributed by atoms with Gasteiger partial charge in [0, 0.05) is 12.6 Å². The smallest absolute Gasteiger partial charge is 0.0666 e. The third-order valence-electron chi connectivity index (χ3n) is 3.06.